The molecule has 4 aromatic rings. The number of carbonyl (C=O) groups excluding carboxylic acids is 1. The van der Waals surface area contributed by atoms with Gasteiger partial charge >= 0.3 is 0 Å². The second kappa shape index (κ2) is 8.63. The Bertz CT molecular complexity index is 1180. The van der Waals surface area contributed by atoms with Crippen molar-refractivity contribution in [3.05, 3.63) is 89.6 Å². The van der Waals surface area contributed by atoms with Gasteiger partial charge in [0.1, 0.15) is 11.5 Å². The van der Waals surface area contributed by atoms with Gasteiger partial charge in [0.2, 0.25) is 0 Å². The summed E-state index contributed by atoms with van der Waals surface area (Å²) in [6, 6.07) is 25.0. The molecule has 0 aliphatic carbocycles. The molecule has 0 saturated carbocycles. The van der Waals surface area contributed by atoms with Gasteiger partial charge < -0.3 is 9.73 Å². The van der Waals surface area contributed by atoms with Crippen LogP contribution in [-0.4, -0.2) is 18.7 Å². The number of halogens is 1. The highest BCUT2D eigenvalue weighted by Crippen LogP contribution is 2.24. The summed E-state index contributed by atoms with van der Waals surface area (Å²) in [4.78, 5) is 12.0. The fourth-order valence-electron chi connectivity index (χ4n) is 2.91. The van der Waals surface area contributed by atoms with Crippen molar-refractivity contribution in [2.24, 2.45) is 5.10 Å². The van der Waals surface area contributed by atoms with E-state index in [1.54, 1.807) is 12.1 Å². The monoisotopic (exact) mass is 403 g/mol. The van der Waals surface area contributed by atoms with Gasteiger partial charge in [-0.25, -0.2) is 5.43 Å². The summed E-state index contributed by atoms with van der Waals surface area (Å²) in [5, 5.41) is 9.95. The topological polar surface area (TPSA) is 66.6 Å². The predicted octanol–water partition coefficient (Wildman–Crippen LogP) is 5.32. The minimum atomic E-state index is -0.254. The van der Waals surface area contributed by atoms with E-state index in [1.165, 1.54) is 6.21 Å². The zero-order valence-corrected chi connectivity index (χ0v) is 16.2. The highest BCUT2D eigenvalue weighted by molar-refractivity contribution is 6.30. The summed E-state index contributed by atoms with van der Waals surface area (Å²) >= 11 is 6.00. The summed E-state index contributed by atoms with van der Waals surface area (Å²) in [5.41, 5.74) is 4.23. The Kier molecular flexibility index (Phi) is 5.59. The Labute approximate surface area is 173 Å². The smallest absolute Gasteiger partial charge is 0.259 e. The van der Waals surface area contributed by atoms with Crippen molar-refractivity contribution in [2.75, 3.05) is 11.9 Å². The molecule has 0 fully saturated rings. The van der Waals surface area contributed by atoms with Crippen LogP contribution >= 0.6 is 11.6 Å². The molecule has 0 saturated heterocycles. The van der Waals surface area contributed by atoms with E-state index in [-0.39, 0.29) is 12.5 Å². The SMILES string of the molecule is O=C(CNc1ccc2ccccc2c1)N/N=C/c1ccc(-c2cccc(Cl)c2)o1. The molecule has 1 aromatic heterocycles. The average Bonchev–Trinajstić information content (AvgIpc) is 3.21. The second-order valence-electron chi connectivity index (χ2n) is 6.42. The zero-order valence-electron chi connectivity index (χ0n) is 15.4. The summed E-state index contributed by atoms with van der Waals surface area (Å²) in [5.74, 6) is 0.956. The number of hydrogen-bond acceptors (Lipinski definition) is 4. The van der Waals surface area contributed by atoms with Crippen LogP contribution in [0.4, 0.5) is 5.69 Å². The molecule has 0 aliphatic rings. The minimum Gasteiger partial charge on any atom is -0.455 e. The van der Waals surface area contributed by atoms with Crippen molar-refractivity contribution in [3.63, 3.8) is 0 Å². The number of benzene rings is 3. The zero-order chi connectivity index (χ0) is 20.1. The Morgan fingerprint density at radius 2 is 1.83 bits per heavy atom. The van der Waals surface area contributed by atoms with Crippen molar-refractivity contribution in [3.8, 4) is 11.3 Å². The summed E-state index contributed by atoms with van der Waals surface area (Å²) in [6.45, 7) is 0.113. The molecule has 5 nitrogen and oxygen atoms in total. The number of amides is 1. The van der Waals surface area contributed by atoms with Crippen LogP contribution in [0.2, 0.25) is 5.02 Å². The summed E-state index contributed by atoms with van der Waals surface area (Å²) < 4.78 is 5.70. The molecule has 6 heteroatoms. The van der Waals surface area contributed by atoms with Gasteiger partial charge in [0.05, 0.1) is 12.8 Å². The Morgan fingerprint density at radius 1 is 0.966 bits per heavy atom. The van der Waals surface area contributed by atoms with E-state index < -0.39 is 0 Å². The van der Waals surface area contributed by atoms with Crippen LogP contribution in [0.3, 0.4) is 0 Å². The fraction of sp³-hybridized carbons (Fsp3) is 0.0435. The van der Waals surface area contributed by atoms with Crippen molar-refractivity contribution in [1.29, 1.82) is 0 Å². The lowest BCUT2D eigenvalue weighted by Gasteiger charge is -2.06. The van der Waals surface area contributed by atoms with E-state index in [0.29, 0.717) is 16.5 Å². The number of nitrogens with one attached hydrogen (secondary N) is 2. The van der Waals surface area contributed by atoms with Crippen LogP contribution in [0.15, 0.2) is 88.4 Å². The van der Waals surface area contributed by atoms with Gasteiger partial charge in [-0.2, -0.15) is 5.10 Å². The molecular weight excluding hydrogens is 386 g/mol. The number of rotatable bonds is 6. The minimum absolute atomic E-state index is 0.113. The van der Waals surface area contributed by atoms with Crippen LogP contribution in [0, 0.1) is 0 Å². The standard InChI is InChI=1S/C23H18ClN3O2/c24-19-7-3-6-18(12-19)22-11-10-21(29-22)14-26-27-23(28)15-25-20-9-8-16-4-1-2-5-17(16)13-20/h1-14,25H,15H2,(H,27,28)/b26-14+. The van der Waals surface area contributed by atoms with Crippen molar-refractivity contribution < 1.29 is 9.21 Å². The highest BCUT2D eigenvalue weighted by atomic mass is 35.5. The molecule has 0 bridgehead atoms. The average molecular weight is 404 g/mol. The lowest BCUT2D eigenvalue weighted by Crippen LogP contribution is -2.25. The number of hydrogen-bond donors (Lipinski definition) is 2. The van der Waals surface area contributed by atoms with Crippen LogP contribution in [0.1, 0.15) is 5.76 Å². The maximum absolute atomic E-state index is 12.0. The molecule has 0 radical (unpaired) electrons. The third-order valence-electron chi connectivity index (χ3n) is 4.32. The third kappa shape index (κ3) is 4.83. The number of nitrogens with zero attached hydrogens (tertiary/aromatic N) is 1. The van der Waals surface area contributed by atoms with Crippen molar-refractivity contribution >= 4 is 40.2 Å². The van der Waals surface area contributed by atoms with E-state index in [4.69, 9.17) is 16.0 Å². The first-order valence-corrected chi connectivity index (χ1v) is 9.45. The number of fused-ring (bicyclic) bond motifs is 1. The number of hydrazone groups is 1. The van der Waals surface area contributed by atoms with E-state index in [2.05, 4.69) is 15.8 Å². The summed E-state index contributed by atoms with van der Waals surface area (Å²) in [6.07, 6.45) is 1.46. The molecular formula is C23H18ClN3O2. The number of anilines is 1. The van der Waals surface area contributed by atoms with Crippen LogP contribution in [0.5, 0.6) is 0 Å². The highest BCUT2D eigenvalue weighted by Gasteiger charge is 2.05. The normalized spacial score (nSPS) is 11.1. The first-order valence-electron chi connectivity index (χ1n) is 9.08. The van der Waals surface area contributed by atoms with Crippen LogP contribution in [-0.2, 0) is 4.79 Å². The fourth-order valence-corrected chi connectivity index (χ4v) is 3.10. The molecule has 0 unspecified atom stereocenters. The lowest BCUT2D eigenvalue weighted by atomic mass is 10.1. The Morgan fingerprint density at radius 3 is 2.69 bits per heavy atom. The Balaban J connectivity index is 1.30. The molecule has 2 N–H and O–H groups in total. The van der Waals surface area contributed by atoms with E-state index in [1.807, 2.05) is 66.7 Å². The van der Waals surface area contributed by atoms with Crippen molar-refractivity contribution in [2.45, 2.75) is 0 Å². The molecule has 0 spiro atoms. The largest absolute Gasteiger partial charge is 0.455 e. The molecule has 29 heavy (non-hydrogen) atoms. The van der Waals surface area contributed by atoms with Gasteiger partial charge in [-0.1, -0.05) is 54.1 Å². The second-order valence-corrected chi connectivity index (χ2v) is 6.86. The van der Waals surface area contributed by atoms with Gasteiger partial charge in [0, 0.05) is 16.3 Å². The lowest BCUT2D eigenvalue weighted by molar-refractivity contribution is -0.119. The maximum Gasteiger partial charge on any atom is 0.259 e. The first-order chi connectivity index (χ1) is 14.2. The van der Waals surface area contributed by atoms with Gasteiger partial charge in [-0.3, -0.25) is 4.79 Å². The Hall–Kier alpha value is -3.57. The maximum atomic E-state index is 12.0. The van der Waals surface area contributed by atoms with Gasteiger partial charge in [-0.15, -0.1) is 0 Å². The first kappa shape index (κ1) is 18.8. The van der Waals surface area contributed by atoms with E-state index >= 15 is 0 Å². The summed E-state index contributed by atoms with van der Waals surface area (Å²) in [7, 11) is 0. The van der Waals surface area contributed by atoms with Crippen LogP contribution < -0.4 is 10.7 Å². The molecule has 1 heterocycles. The van der Waals surface area contributed by atoms with Crippen molar-refractivity contribution in [1.82, 2.24) is 5.43 Å². The molecule has 3 aromatic carbocycles. The predicted molar refractivity (Wildman–Crippen MR) is 117 cm³/mol. The van der Waals surface area contributed by atoms with Gasteiger partial charge in [-0.05, 0) is 47.2 Å². The number of furan rings is 1. The quantitative estimate of drug-likeness (QED) is 0.338. The molecule has 144 valence electrons. The molecule has 0 atom stereocenters. The van der Waals surface area contributed by atoms with Gasteiger partial charge in [0.25, 0.3) is 5.91 Å². The number of carbonyl (C=O) groups is 1. The molecule has 1 amide bonds. The third-order valence-corrected chi connectivity index (χ3v) is 4.55. The molecule has 0 aliphatic heterocycles. The van der Waals surface area contributed by atoms with E-state index in [9.17, 15) is 4.79 Å². The van der Waals surface area contributed by atoms with Crippen LogP contribution in [0.25, 0.3) is 22.1 Å². The molecule has 4 rings (SSSR count). The van der Waals surface area contributed by atoms with E-state index in [0.717, 1.165) is 22.0 Å². The van der Waals surface area contributed by atoms with Gasteiger partial charge in [0.15, 0.2) is 0 Å².